The first-order chi connectivity index (χ1) is 13.1. The van der Waals surface area contributed by atoms with Crippen LogP contribution in [0.25, 0.3) is 10.2 Å². The van der Waals surface area contributed by atoms with Gasteiger partial charge >= 0.3 is 0 Å². The van der Waals surface area contributed by atoms with Crippen LogP contribution in [0.3, 0.4) is 0 Å². The lowest BCUT2D eigenvalue weighted by atomic mass is 10.1. The van der Waals surface area contributed by atoms with E-state index in [1.165, 1.54) is 5.56 Å². The fourth-order valence-electron chi connectivity index (χ4n) is 3.39. The molecule has 1 aliphatic rings. The van der Waals surface area contributed by atoms with E-state index >= 15 is 0 Å². The van der Waals surface area contributed by atoms with Crippen LogP contribution in [0.5, 0.6) is 0 Å². The second kappa shape index (κ2) is 7.40. The molecule has 4 rings (SSSR count). The largest absolute Gasteiger partial charge is 0.376 e. The third-order valence-electron chi connectivity index (χ3n) is 5.00. The maximum absolute atomic E-state index is 13.3. The van der Waals surface area contributed by atoms with Gasteiger partial charge < -0.3 is 4.74 Å². The Balaban J connectivity index is 1.74. The van der Waals surface area contributed by atoms with Crippen LogP contribution in [0, 0.1) is 13.8 Å². The molecule has 6 nitrogen and oxygen atoms in total. The summed E-state index contributed by atoms with van der Waals surface area (Å²) in [6.45, 7) is 8.15. The molecule has 3 heterocycles. The Morgan fingerprint density at radius 2 is 2.15 bits per heavy atom. The Morgan fingerprint density at radius 3 is 2.81 bits per heavy atom. The number of hydrogen-bond acceptors (Lipinski definition) is 5. The number of nitrogens with zero attached hydrogens (tertiary/aromatic N) is 4. The van der Waals surface area contributed by atoms with E-state index in [2.05, 4.69) is 31.1 Å². The van der Waals surface area contributed by atoms with Crippen molar-refractivity contribution in [1.29, 1.82) is 0 Å². The van der Waals surface area contributed by atoms with Gasteiger partial charge in [-0.1, -0.05) is 23.5 Å². The number of fused-ring (bicyclic) bond motifs is 1. The summed E-state index contributed by atoms with van der Waals surface area (Å²) in [6, 6.07) is 5.96. The van der Waals surface area contributed by atoms with E-state index in [4.69, 9.17) is 9.72 Å². The van der Waals surface area contributed by atoms with Gasteiger partial charge in [0.2, 0.25) is 0 Å². The molecule has 1 atom stereocenters. The van der Waals surface area contributed by atoms with Crippen LogP contribution in [-0.2, 0) is 11.3 Å². The van der Waals surface area contributed by atoms with Gasteiger partial charge in [-0.25, -0.2) is 4.98 Å². The molecule has 0 N–H and O–H groups in total. The van der Waals surface area contributed by atoms with Crippen molar-refractivity contribution < 1.29 is 9.53 Å². The van der Waals surface area contributed by atoms with Gasteiger partial charge in [-0.05, 0) is 50.8 Å². The Labute approximate surface area is 162 Å². The molecule has 0 spiro atoms. The molecule has 142 valence electrons. The maximum atomic E-state index is 13.3. The highest BCUT2D eigenvalue weighted by Gasteiger charge is 2.28. The Hall–Kier alpha value is -2.25. The van der Waals surface area contributed by atoms with E-state index in [0.29, 0.717) is 17.4 Å². The topological polar surface area (TPSA) is 60.2 Å². The van der Waals surface area contributed by atoms with Gasteiger partial charge in [0.25, 0.3) is 5.91 Å². The predicted octanol–water partition coefficient (Wildman–Crippen LogP) is 3.96. The predicted molar refractivity (Wildman–Crippen MR) is 108 cm³/mol. The number of carbonyl (C=O) groups excluding carboxylic acids is 1. The molecule has 0 bridgehead atoms. The summed E-state index contributed by atoms with van der Waals surface area (Å²) in [6.07, 6.45) is 3.89. The van der Waals surface area contributed by atoms with E-state index in [9.17, 15) is 4.79 Å². The van der Waals surface area contributed by atoms with Gasteiger partial charge in [0.1, 0.15) is 0 Å². The highest BCUT2D eigenvalue weighted by atomic mass is 32.1. The van der Waals surface area contributed by atoms with Crippen LogP contribution in [0.15, 0.2) is 24.4 Å². The molecule has 7 heteroatoms. The lowest BCUT2D eigenvalue weighted by Crippen LogP contribution is -2.37. The summed E-state index contributed by atoms with van der Waals surface area (Å²) in [5, 5.41) is 5.12. The fourth-order valence-corrected chi connectivity index (χ4v) is 4.51. The van der Waals surface area contributed by atoms with E-state index < -0.39 is 0 Å². The average molecular weight is 385 g/mol. The number of aromatic nitrogens is 3. The molecule has 1 fully saturated rings. The van der Waals surface area contributed by atoms with Crippen LogP contribution in [-0.4, -0.2) is 39.9 Å². The van der Waals surface area contributed by atoms with Crippen LogP contribution < -0.4 is 4.90 Å². The second-order valence-corrected chi connectivity index (χ2v) is 7.96. The van der Waals surface area contributed by atoms with Gasteiger partial charge in [-0.15, -0.1) is 0 Å². The zero-order chi connectivity index (χ0) is 19.0. The lowest BCUT2D eigenvalue weighted by molar-refractivity contribution is 0.0912. The molecule has 0 aliphatic carbocycles. The first kappa shape index (κ1) is 18.1. The van der Waals surface area contributed by atoms with Crippen molar-refractivity contribution in [3.8, 4) is 0 Å². The fraction of sp³-hybridized carbons (Fsp3) is 0.450. The highest BCUT2D eigenvalue weighted by Crippen LogP contribution is 2.34. The van der Waals surface area contributed by atoms with E-state index in [-0.39, 0.29) is 12.0 Å². The number of carbonyl (C=O) groups is 1. The highest BCUT2D eigenvalue weighted by molar-refractivity contribution is 7.22. The smallest absolute Gasteiger partial charge is 0.280 e. The normalized spacial score (nSPS) is 16.9. The minimum absolute atomic E-state index is 0.0522. The minimum Gasteiger partial charge on any atom is -0.376 e. The maximum Gasteiger partial charge on any atom is 0.280 e. The number of ether oxygens (including phenoxy) is 1. The molecular weight excluding hydrogens is 360 g/mol. The molecule has 1 amide bonds. The number of benzene rings is 1. The Bertz CT molecular complexity index is 933. The third-order valence-corrected chi connectivity index (χ3v) is 6.21. The number of aryl methyl sites for hydroxylation is 3. The molecule has 1 unspecified atom stereocenters. The quantitative estimate of drug-likeness (QED) is 0.668. The number of thiazole rings is 1. The SMILES string of the molecule is CCn1ccc(C(=O)N(CC2CCCO2)c2nc3c(C)ccc(C)c3s2)n1. The molecule has 0 saturated carbocycles. The number of rotatable bonds is 5. The molecule has 1 aromatic carbocycles. The summed E-state index contributed by atoms with van der Waals surface area (Å²) in [5.74, 6) is -0.118. The molecule has 1 saturated heterocycles. The third kappa shape index (κ3) is 3.49. The minimum atomic E-state index is -0.118. The molecule has 2 aromatic heterocycles. The summed E-state index contributed by atoms with van der Waals surface area (Å²) in [5.41, 5.74) is 3.72. The van der Waals surface area contributed by atoms with Gasteiger partial charge in [0, 0.05) is 19.3 Å². The van der Waals surface area contributed by atoms with Gasteiger partial charge in [0.15, 0.2) is 10.8 Å². The van der Waals surface area contributed by atoms with Crippen LogP contribution in [0.2, 0.25) is 0 Å². The van der Waals surface area contributed by atoms with Crippen molar-refractivity contribution in [2.75, 3.05) is 18.1 Å². The van der Waals surface area contributed by atoms with Gasteiger partial charge in [0.05, 0.1) is 22.9 Å². The number of hydrogen-bond donors (Lipinski definition) is 0. The first-order valence-electron chi connectivity index (χ1n) is 9.40. The van der Waals surface area contributed by atoms with Crippen molar-refractivity contribution in [2.24, 2.45) is 0 Å². The van der Waals surface area contributed by atoms with Crippen LogP contribution >= 0.6 is 11.3 Å². The summed E-state index contributed by atoms with van der Waals surface area (Å²) < 4.78 is 8.70. The lowest BCUT2D eigenvalue weighted by Gasteiger charge is -2.22. The summed E-state index contributed by atoms with van der Waals surface area (Å²) in [7, 11) is 0. The summed E-state index contributed by atoms with van der Waals surface area (Å²) >= 11 is 1.57. The van der Waals surface area contributed by atoms with E-state index in [0.717, 1.165) is 41.8 Å². The van der Waals surface area contributed by atoms with Gasteiger partial charge in [-0.3, -0.25) is 14.4 Å². The van der Waals surface area contributed by atoms with Crippen LogP contribution in [0.4, 0.5) is 5.13 Å². The average Bonchev–Trinajstić information content (AvgIpc) is 3.42. The Morgan fingerprint density at radius 1 is 1.33 bits per heavy atom. The van der Waals surface area contributed by atoms with Crippen LogP contribution in [0.1, 0.15) is 41.4 Å². The van der Waals surface area contributed by atoms with E-state index in [1.807, 2.05) is 13.1 Å². The molecular formula is C20H24N4O2S. The molecule has 0 radical (unpaired) electrons. The standard InChI is InChI=1S/C20H24N4O2S/c1-4-23-10-9-16(22-23)19(25)24(12-15-6-5-11-26-15)20-21-17-13(2)7-8-14(3)18(17)27-20/h7-10,15H,4-6,11-12H2,1-3H3. The van der Waals surface area contributed by atoms with Crippen molar-refractivity contribution >= 4 is 32.6 Å². The van der Waals surface area contributed by atoms with Crippen molar-refractivity contribution in [3.05, 3.63) is 41.2 Å². The van der Waals surface area contributed by atoms with Crippen molar-refractivity contribution in [1.82, 2.24) is 14.8 Å². The zero-order valence-corrected chi connectivity index (χ0v) is 16.8. The number of amides is 1. The summed E-state index contributed by atoms with van der Waals surface area (Å²) in [4.78, 5) is 19.8. The van der Waals surface area contributed by atoms with E-state index in [1.54, 1.807) is 27.0 Å². The molecule has 27 heavy (non-hydrogen) atoms. The number of anilines is 1. The first-order valence-corrected chi connectivity index (χ1v) is 10.2. The Kier molecular flexibility index (Phi) is 4.97. The van der Waals surface area contributed by atoms with Gasteiger partial charge in [-0.2, -0.15) is 5.10 Å². The molecule has 1 aliphatic heterocycles. The van der Waals surface area contributed by atoms with Crippen molar-refractivity contribution in [2.45, 2.75) is 46.3 Å². The zero-order valence-electron chi connectivity index (χ0n) is 15.9. The van der Waals surface area contributed by atoms with Crippen molar-refractivity contribution in [3.63, 3.8) is 0 Å². The monoisotopic (exact) mass is 384 g/mol. The second-order valence-electron chi connectivity index (χ2n) is 6.98. The molecule has 3 aromatic rings.